The highest BCUT2D eigenvalue weighted by molar-refractivity contribution is 5.85. The molecule has 2 aliphatic heterocycles. The van der Waals surface area contributed by atoms with Gasteiger partial charge in [-0.3, -0.25) is 4.79 Å². The van der Waals surface area contributed by atoms with Crippen molar-refractivity contribution >= 4 is 18.3 Å². The number of ether oxygens (including phenoxy) is 1. The van der Waals surface area contributed by atoms with E-state index in [1.54, 1.807) is 0 Å². The molecule has 1 amide bonds. The van der Waals surface area contributed by atoms with E-state index in [1.807, 2.05) is 4.90 Å². The predicted molar refractivity (Wildman–Crippen MR) is 78.4 cm³/mol. The number of piperidine rings is 1. The molecule has 2 heterocycles. The first-order valence-electron chi connectivity index (χ1n) is 7.31. The highest BCUT2D eigenvalue weighted by Crippen LogP contribution is 2.27. The van der Waals surface area contributed by atoms with Crippen LogP contribution >= 0.6 is 12.4 Å². The van der Waals surface area contributed by atoms with Gasteiger partial charge in [0.15, 0.2) is 0 Å². The van der Waals surface area contributed by atoms with Gasteiger partial charge in [-0.05, 0) is 38.0 Å². The van der Waals surface area contributed by atoms with Crippen molar-refractivity contribution in [1.29, 1.82) is 0 Å². The van der Waals surface area contributed by atoms with Crippen molar-refractivity contribution in [3.05, 3.63) is 0 Å². The lowest BCUT2D eigenvalue weighted by atomic mass is 9.92. The number of carbonyl (C=O) groups is 1. The highest BCUT2D eigenvalue weighted by atomic mass is 35.5. The Morgan fingerprint density at radius 1 is 1.37 bits per heavy atom. The Kier molecular flexibility index (Phi) is 6.57. The lowest BCUT2D eigenvalue weighted by molar-refractivity contribution is -0.147. The van der Waals surface area contributed by atoms with Crippen molar-refractivity contribution in [2.45, 2.75) is 64.2 Å². The lowest BCUT2D eigenvalue weighted by Gasteiger charge is -2.39. The summed E-state index contributed by atoms with van der Waals surface area (Å²) in [6.45, 7) is 5.77. The minimum atomic E-state index is -0.211. The van der Waals surface area contributed by atoms with E-state index >= 15 is 0 Å². The topological polar surface area (TPSA) is 55.6 Å². The molecule has 2 N–H and O–H groups in total. The van der Waals surface area contributed by atoms with E-state index in [4.69, 9.17) is 10.5 Å². The number of hydrogen-bond acceptors (Lipinski definition) is 3. The summed E-state index contributed by atoms with van der Waals surface area (Å²) in [6.07, 6.45) is 5.08. The van der Waals surface area contributed by atoms with Crippen LogP contribution in [0.5, 0.6) is 0 Å². The number of halogens is 1. The maximum Gasteiger partial charge on any atom is 0.252 e. The van der Waals surface area contributed by atoms with Crippen LogP contribution in [-0.2, 0) is 9.53 Å². The first kappa shape index (κ1) is 16.7. The van der Waals surface area contributed by atoms with E-state index in [1.165, 1.54) is 0 Å². The average molecular weight is 291 g/mol. The van der Waals surface area contributed by atoms with Crippen LogP contribution in [0.2, 0.25) is 0 Å². The molecule has 4 nitrogen and oxygen atoms in total. The van der Waals surface area contributed by atoms with E-state index in [-0.39, 0.29) is 36.6 Å². The van der Waals surface area contributed by atoms with Gasteiger partial charge in [-0.15, -0.1) is 12.4 Å². The molecule has 0 aliphatic carbocycles. The zero-order valence-corrected chi connectivity index (χ0v) is 12.8. The zero-order chi connectivity index (χ0) is 13.1. The molecule has 2 fully saturated rings. The van der Waals surface area contributed by atoms with Gasteiger partial charge in [-0.2, -0.15) is 0 Å². The summed E-state index contributed by atoms with van der Waals surface area (Å²) in [6, 6.07) is 0.213. The van der Waals surface area contributed by atoms with Gasteiger partial charge in [-0.25, -0.2) is 0 Å². The van der Waals surface area contributed by atoms with Gasteiger partial charge < -0.3 is 15.4 Å². The molecule has 0 radical (unpaired) electrons. The third kappa shape index (κ3) is 3.83. The molecular formula is C14H27ClN2O2. The van der Waals surface area contributed by atoms with Crippen molar-refractivity contribution in [1.82, 2.24) is 4.90 Å². The molecule has 4 atom stereocenters. The van der Waals surface area contributed by atoms with Crippen molar-refractivity contribution in [3.63, 3.8) is 0 Å². The monoisotopic (exact) mass is 290 g/mol. The van der Waals surface area contributed by atoms with Crippen molar-refractivity contribution in [2.24, 2.45) is 11.7 Å². The van der Waals surface area contributed by atoms with Crippen LogP contribution < -0.4 is 5.73 Å². The molecule has 19 heavy (non-hydrogen) atoms. The summed E-state index contributed by atoms with van der Waals surface area (Å²) < 4.78 is 5.81. The highest BCUT2D eigenvalue weighted by Gasteiger charge is 2.37. The Balaban J connectivity index is 0.00000180. The van der Waals surface area contributed by atoms with E-state index < -0.39 is 0 Å². The largest absolute Gasteiger partial charge is 0.365 e. The van der Waals surface area contributed by atoms with E-state index in [2.05, 4.69) is 13.8 Å². The summed E-state index contributed by atoms with van der Waals surface area (Å²) in [4.78, 5) is 14.5. The summed E-state index contributed by atoms with van der Waals surface area (Å²) in [7, 11) is 0. The molecular weight excluding hydrogens is 264 g/mol. The van der Waals surface area contributed by atoms with E-state index in [0.717, 1.165) is 38.6 Å². The molecule has 5 heteroatoms. The van der Waals surface area contributed by atoms with Gasteiger partial charge in [-0.1, -0.05) is 13.8 Å². The van der Waals surface area contributed by atoms with Gasteiger partial charge in [0.25, 0.3) is 5.91 Å². The molecule has 0 aromatic carbocycles. The Hall–Kier alpha value is -0.320. The van der Waals surface area contributed by atoms with Crippen molar-refractivity contribution in [3.8, 4) is 0 Å². The number of likely N-dealkylation sites (tertiary alicyclic amines) is 1. The maximum absolute atomic E-state index is 12.5. The molecule has 2 aliphatic rings. The standard InChI is InChI=1S/C14H26N2O2.ClH/c1-3-12-4-5-13(18-12)14(17)16-7-6-10(2)8-11(16)9-15;/h10-13H,3-9,15H2,1-2H3;1H. The predicted octanol–water partition coefficient (Wildman–Crippen LogP) is 1.95. The van der Waals surface area contributed by atoms with Crippen LogP contribution in [0.25, 0.3) is 0 Å². The van der Waals surface area contributed by atoms with Crippen LogP contribution in [0.15, 0.2) is 0 Å². The third-order valence-corrected chi connectivity index (χ3v) is 4.37. The second kappa shape index (κ2) is 7.46. The number of nitrogens with two attached hydrogens (primary N) is 1. The normalized spacial score (nSPS) is 35.0. The Bertz CT molecular complexity index is 301. The smallest absolute Gasteiger partial charge is 0.252 e. The SMILES string of the molecule is CCC1CCC(C(=O)N2CCC(C)CC2CN)O1.Cl. The fraction of sp³-hybridized carbons (Fsp3) is 0.929. The maximum atomic E-state index is 12.5. The van der Waals surface area contributed by atoms with Gasteiger partial charge in [0.1, 0.15) is 6.10 Å². The van der Waals surface area contributed by atoms with Crippen molar-refractivity contribution in [2.75, 3.05) is 13.1 Å². The number of amides is 1. The molecule has 0 aromatic heterocycles. The lowest BCUT2D eigenvalue weighted by Crippen LogP contribution is -2.52. The molecule has 2 rings (SSSR count). The molecule has 0 spiro atoms. The number of hydrogen-bond donors (Lipinski definition) is 1. The fourth-order valence-electron chi connectivity index (χ4n) is 3.14. The van der Waals surface area contributed by atoms with Crippen molar-refractivity contribution < 1.29 is 9.53 Å². The van der Waals surface area contributed by atoms with E-state index in [0.29, 0.717) is 12.5 Å². The minimum absolute atomic E-state index is 0. The Morgan fingerprint density at radius 3 is 2.68 bits per heavy atom. The summed E-state index contributed by atoms with van der Waals surface area (Å²) in [5, 5.41) is 0. The van der Waals surface area contributed by atoms with Crippen LogP contribution in [0.1, 0.15) is 46.0 Å². The number of rotatable bonds is 3. The van der Waals surface area contributed by atoms with Gasteiger partial charge >= 0.3 is 0 Å². The van der Waals surface area contributed by atoms with Gasteiger partial charge in [0.05, 0.1) is 6.10 Å². The Morgan fingerprint density at radius 2 is 2.11 bits per heavy atom. The summed E-state index contributed by atoms with van der Waals surface area (Å²) >= 11 is 0. The summed E-state index contributed by atoms with van der Waals surface area (Å²) in [5.74, 6) is 0.851. The minimum Gasteiger partial charge on any atom is -0.365 e. The molecule has 0 aromatic rings. The third-order valence-electron chi connectivity index (χ3n) is 4.37. The molecule has 4 unspecified atom stereocenters. The molecule has 112 valence electrons. The first-order valence-corrected chi connectivity index (χ1v) is 7.31. The first-order chi connectivity index (χ1) is 8.65. The summed E-state index contributed by atoms with van der Waals surface area (Å²) in [5.41, 5.74) is 5.81. The number of carbonyl (C=O) groups excluding carboxylic acids is 1. The molecule has 0 saturated carbocycles. The number of nitrogens with zero attached hydrogens (tertiary/aromatic N) is 1. The quantitative estimate of drug-likeness (QED) is 0.864. The van der Waals surface area contributed by atoms with Crippen LogP contribution in [0.3, 0.4) is 0 Å². The average Bonchev–Trinajstić information content (AvgIpc) is 2.86. The Labute approximate surface area is 122 Å². The van der Waals surface area contributed by atoms with E-state index in [9.17, 15) is 4.79 Å². The second-order valence-electron chi connectivity index (χ2n) is 5.78. The van der Waals surface area contributed by atoms with Crippen LogP contribution in [-0.4, -0.2) is 42.1 Å². The van der Waals surface area contributed by atoms with Gasteiger partial charge in [0, 0.05) is 19.1 Å². The van der Waals surface area contributed by atoms with Crippen LogP contribution in [0.4, 0.5) is 0 Å². The van der Waals surface area contributed by atoms with Gasteiger partial charge in [0.2, 0.25) is 0 Å². The second-order valence-corrected chi connectivity index (χ2v) is 5.78. The molecule has 2 saturated heterocycles. The fourth-order valence-corrected chi connectivity index (χ4v) is 3.14. The molecule has 0 bridgehead atoms. The zero-order valence-electron chi connectivity index (χ0n) is 12.0. The van der Waals surface area contributed by atoms with Crippen LogP contribution in [0, 0.1) is 5.92 Å².